The molecular weight excluding hydrogens is 152 g/mol. The molecule has 0 bridgehead atoms. The molecule has 1 heterocycles. The highest BCUT2D eigenvalue weighted by molar-refractivity contribution is 5.30. The van der Waals surface area contributed by atoms with Crippen molar-refractivity contribution >= 4 is 0 Å². The molecule has 1 aliphatic heterocycles. The normalized spacial score (nSPS) is 27.2. The summed E-state index contributed by atoms with van der Waals surface area (Å²) < 4.78 is 10.9. The highest BCUT2D eigenvalue weighted by Crippen LogP contribution is 2.22. The lowest BCUT2D eigenvalue weighted by Crippen LogP contribution is -2.14. The fourth-order valence-corrected chi connectivity index (χ4v) is 1.32. The minimum absolute atomic E-state index is 0.426. The van der Waals surface area contributed by atoms with E-state index in [2.05, 4.69) is 19.1 Å². The Hall–Kier alpha value is -1.18. The van der Waals surface area contributed by atoms with Crippen LogP contribution in [0.4, 0.5) is 0 Å². The van der Waals surface area contributed by atoms with Gasteiger partial charge >= 0.3 is 0 Å². The van der Waals surface area contributed by atoms with Crippen molar-refractivity contribution in [2.45, 2.75) is 6.92 Å². The van der Waals surface area contributed by atoms with Crippen molar-refractivity contribution in [2.24, 2.45) is 5.92 Å². The van der Waals surface area contributed by atoms with E-state index in [9.17, 15) is 0 Å². The van der Waals surface area contributed by atoms with Gasteiger partial charge in [-0.15, -0.1) is 0 Å². The van der Waals surface area contributed by atoms with Crippen LogP contribution in [0.25, 0.3) is 0 Å². The minimum atomic E-state index is 0.426. The number of hydrogen-bond acceptors (Lipinski definition) is 2. The van der Waals surface area contributed by atoms with Crippen molar-refractivity contribution in [1.29, 1.82) is 0 Å². The molecule has 1 unspecified atom stereocenters. The SMILES string of the molecule is CC1C=CC=C2OCCOC2=C1. The van der Waals surface area contributed by atoms with Gasteiger partial charge in [-0.1, -0.05) is 19.1 Å². The monoisotopic (exact) mass is 164 g/mol. The zero-order valence-corrected chi connectivity index (χ0v) is 7.12. The molecule has 0 radical (unpaired) electrons. The van der Waals surface area contributed by atoms with E-state index in [1.807, 2.05) is 12.2 Å². The van der Waals surface area contributed by atoms with Crippen LogP contribution in [0.1, 0.15) is 6.92 Å². The maximum absolute atomic E-state index is 5.46. The van der Waals surface area contributed by atoms with Crippen LogP contribution in [0.15, 0.2) is 35.8 Å². The van der Waals surface area contributed by atoms with Gasteiger partial charge in [0, 0.05) is 0 Å². The van der Waals surface area contributed by atoms with Crippen LogP contribution in [-0.4, -0.2) is 13.2 Å². The summed E-state index contributed by atoms with van der Waals surface area (Å²) in [5.74, 6) is 2.18. The van der Waals surface area contributed by atoms with Crippen molar-refractivity contribution in [3.63, 3.8) is 0 Å². The molecule has 2 rings (SSSR count). The number of hydrogen-bond donors (Lipinski definition) is 0. The summed E-state index contributed by atoms with van der Waals surface area (Å²) in [4.78, 5) is 0. The maximum atomic E-state index is 5.46. The molecule has 64 valence electrons. The molecule has 1 aliphatic carbocycles. The van der Waals surface area contributed by atoms with Gasteiger partial charge < -0.3 is 9.47 Å². The van der Waals surface area contributed by atoms with Gasteiger partial charge in [0.1, 0.15) is 13.2 Å². The maximum Gasteiger partial charge on any atom is 0.161 e. The molecule has 1 fully saturated rings. The zero-order valence-electron chi connectivity index (χ0n) is 7.12. The molecule has 0 N–H and O–H groups in total. The summed E-state index contributed by atoms with van der Waals surface area (Å²) in [6.07, 6.45) is 8.16. The summed E-state index contributed by atoms with van der Waals surface area (Å²) in [5.41, 5.74) is 0. The fourth-order valence-electron chi connectivity index (χ4n) is 1.32. The highest BCUT2D eigenvalue weighted by Gasteiger charge is 2.15. The molecule has 0 amide bonds. The van der Waals surface area contributed by atoms with Crippen LogP contribution in [-0.2, 0) is 9.47 Å². The van der Waals surface area contributed by atoms with Crippen LogP contribution in [0.5, 0.6) is 0 Å². The predicted octanol–water partition coefficient (Wildman–Crippen LogP) is 2.01. The van der Waals surface area contributed by atoms with Crippen LogP contribution >= 0.6 is 0 Å². The molecule has 2 aliphatic rings. The van der Waals surface area contributed by atoms with Crippen LogP contribution in [0.3, 0.4) is 0 Å². The standard InChI is InChI=1S/C10H12O2/c1-8-3-2-4-9-10(7-8)12-6-5-11-9/h2-4,7-8H,5-6H2,1H3. The number of allylic oxidation sites excluding steroid dienone is 4. The molecule has 2 nitrogen and oxygen atoms in total. The zero-order chi connectivity index (χ0) is 8.39. The molecule has 0 saturated carbocycles. The first-order chi connectivity index (χ1) is 5.86. The summed E-state index contributed by atoms with van der Waals surface area (Å²) in [6.45, 7) is 3.44. The van der Waals surface area contributed by atoms with E-state index < -0.39 is 0 Å². The van der Waals surface area contributed by atoms with Crippen LogP contribution in [0.2, 0.25) is 0 Å². The molecule has 2 heteroatoms. The summed E-state index contributed by atoms with van der Waals surface area (Å²) in [7, 11) is 0. The van der Waals surface area contributed by atoms with E-state index in [0.29, 0.717) is 19.1 Å². The van der Waals surface area contributed by atoms with Gasteiger partial charge in [-0.05, 0) is 18.1 Å². The Morgan fingerprint density at radius 1 is 1.25 bits per heavy atom. The molecule has 12 heavy (non-hydrogen) atoms. The number of fused-ring (bicyclic) bond motifs is 1. The van der Waals surface area contributed by atoms with Crippen LogP contribution in [0, 0.1) is 5.92 Å². The van der Waals surface area contributed by atoms with Crippen molar-refractivity contribution in [2.75, 3.05) is 13.2 Å². The van der Waals surface area contributed by atoms with Gasteiger partial charge in [0.05, 0.1) is 0 Å². The molecular formula is C10H12O2. The molecule has 0 aromatic heterocycles. The molecule has 0 aromatic carbocycles. The first kappa shape index (κ1) is 7.47. The Balaban J connectivity index is 2.28. The topological polar surface area (TPSA) is 18.5 Å². The number of rotatable bonds is 0. The largest absolute Gasteiger partial charge is 0.486 e. The summed E-state index contributed by atoms with van der Waals surface area (Å²) in [6, 6.07) is 0. The van der Waals surface area contributed by atoms with Gasteiger partial charge in [-0.25, -0.2) is 0 Å². The van der Waals surface area contributed by atoms with E-state index in [0.717, 1.165) is 11.5 Å². The second-order valence-corrected chi connectivity index (χ2v) is 3.00. The van der Waals surface area contributed by atoms with Crippen molar-refractivity contribution in [1.82, 2.24) is 0 Å². The van der Waals surface area contributed by atoms with Gasteiger partial charge in [-0.2, -0.15) is 0 Å². The average Bonchev–Trinajstić information content (AvgIpc) is 2.25. The van der Waals surface area contributed by atoms with E-state index in [4.69, 9.17) is 9.47 Å². The lowest BCUT2D eigenvalue weighted by Gasteiger charge is -2.20. The van der Waals surface area contributed by atoms with E-state index in [-0.39, 0.29) is 0 Å². The number of ether oxygens (including phenoxy) is 2. The smallest absolute Gasteiger partial charge is 0.161 e. The lowest BCUT2D eigenvalue weighted by molar-refractivity contribution is 0.0590. The van der Waals surface area contributed by atoms with Crippen LogP contribution < -0.4 is 0 Å². The van der Waals surface area contributed by atoms with Crippen molar-refractivity contribution < 1.29 is 9.47 Å². The Morgan fingerprint density at radius 2 is 2.00 bits per heavy atom. The Bertz CT molecular complexity index is 261. The van der Waals surface area contributed by atoms with E-state index in [1.54, 1.807) is 0 Å². The Kier molecular flexibility index (Phi) is 1.90. The average molecular weight is 164 g/mol. The molecule has 1 saturated heterocycles. The second kappa shape index (κ2) is 3.05. The summed E-state index contributed by atoms with van der Waals surface area (Å²) in [5, 5.41) is 0. The van der Waals surface area contributed by atoms with Crippen molar-refractivity contribution in [3.8, 4) is 0 Å². The third kappa shape index (κ3) is 1.37. The van der Waals surface area contributed by atoms with Gasteiger partial charge in [0.2, 0.25) is 0 Å². The first-order valence-electron chi connectivity index (χ1n) is 4.22. The predicted molar refractivity (Wildman–Crippen MR) is 46.4 cm³/mol. The Morgan fingerprint density at radius 3 is 2.83 bits per heavy atom. The van der Waals surface area contributed by atoms with Gasteiger partial charge in [-0.3, -0.25) is 0 Å². The third-order valence-electron chi connectivity index (χ3n) is 1.92. The molecule has 0 aromatic rings. The van der Waals surface area contributed by atoms with Crippen molar-refractivity contribution in [3.05, 3.63) is 35.8 Å². The van der Waals surface area contributed by atoms with E-state index in [1.165, 1.54) is 0 Å². The fraction of sp³-hybridized carbons (Fsp3) is 0.400. The lowest BCUT2D eigenvalue weighted by atomic mass is 10.1. The van der Waals surface area contributed by atoms with Gasteiger partial charge in [0.25, 0.3) is 0 Å². The minimum Gasteiger partial charge on any atom is -0.486 e. The summed E-state index contributed by atoms with van der Waals surface area (Å²) >= 11 is 0. The molecule has 0 spiro atoms. The Labute approximate surface area is 72.2 Å². The quantitative estimate of drug-likeness (QED) is 0.545. The molecule has 1 atom stereocenters. The van der Waals surface area contributed by atoms with Gasteiger partial charge in [0.15, 0.2) is 11.5 Å². The van der Waals surface area contributed by atoms with E-state index >= 15 is 0 Å². The third-order valence-corrected chi connectivity index (χ3v) is 1.92. The first-order valence-corrected chi connectivity index (χ1v) is 4.22. The highest BCUT2D eigenvalue weighted by atomic mass is 16.6. The second-order valence-electron chi connectivity index (χ2n) is 3.00.